The van der Waals surface area contributed by atoms with Gasteiger partial charge in [-0.2, -0.15) is 8.78 Å². The molecule has 0 aliphatic heterocycles. The molecule has 2 fully saturated rings. The second kappa shape index (κ2) is 6.78. The summed E-state index contributed by atoms with van der Waals surface area (Å²) in [6.45, 7) is 0. The Labute approximate surface area is 130 Å². The first-order chi connectivity index (χ1) is 10.2. The molecule has 2 N–H and O–H groups in total. The highest BCUT2D eigenvalue weighted by atomic mass is 32.2. The van der Waals surface area contributed by atoms with Gasteiger partial charge in [-0.1, -0.05) is 38.5 Å². The molecule has 0 heterocycles. The summed E-state index contributed by atoms with van der Waals surface area (Å²) in [5.74, 6) is -1.63. The van der Waals surface area contributed by atoms with Crippen LogP contribution in [0.3, 0.4) is 0 Å². The fourth-order valence-corrected chi connectivity index (χ4v) is 3.97. The van der Waals surface area contributed by atoms with Crippen molar-refractivity contribution < 1.29 is 22.0 Å². The van der Waals surface area contributed by atoms with Gasteiger partial charge in [0.2, 0.25) is 0 Å². The molecule has 5 nitrogen and oxygen atoms in total. The molecular weight excluding hydrogens is 314 g/mol. The Kier molecular flexibility index (Phi) is 5.42. The predicted molar refractivity (Wildman–Crippen MR) is 78.6 cm³/mol. The van der Waals surface area contributed by atoms with E-state index in [1.807, 2.05) is 0 Å². The van der Waals surface area contributed by atoms with E-state index in [9.17, 15) is 22.0 Å². The van der Waals surface area contributed by atoms with E-state index in [1.165, 1.54) is 4.90 Å². The zero-order valence-electron chi connectivity index (χ0n) is 12.6. The van der Waals surface area contributed by atoms with E-state index in [2.05, 4.69) is 5.14 Å². The smallest absolute Gasteiger partial charge is 0.330 e. The van der Waals surface area contributed by atoms with Gasteiger partial charge in [0.1, 0.15) is 0 Å². The molecule has 0 radical (unpaired) electrons. The van der Waals surface area contributed by atoms with Crippen LogP contribution in [0.4, 0.5) is 8.78 Å². The highest BCUT2D eigenvalue weighted by molar-refractivity contribution is 7.91. The lowest BCUT2D eigenvalue weighted by Crippen LogP contribution is -2.57. The van der Waals surface area contributed by atoms with Gasteiger partial charge in [-0.3, -0.25) is 4.79 Å². The van der Waals surface area contributed by atoms with Crippen molar-refractivity contribution in [2.45, 2.75) is 81.5 Å². The quantitative estimate of drug-likeness (QED) is 0.854. The molecule has 0 aromatic carbocycles. The zero-order chi connectivity index (χ0) is 16.4. The Morgan fingerprint density at radius 3 is 1.59 bits per heavy atom. The molecule has 0 bridgehead atoms. The minimum Gasteiger partial charge on any atom is -0.330 e. The van der Waals surface area contributed by atoms with Crippen molar-refractivity contribution in [2.24, 2.45) is 5.14 Å². The van der Waals surface area contributed by atoms with Gasteiger partial charge >= 0.3 is 11.2 Å². The number of carbonyl (C=O) groups is 1. The summed E-state index contributed by atoms with van der Waals surface area (Å²) in [6.07, 6.45) is 8.18. The molecule has 128 valence electrons. The Morgan fingerprint density at radius 2 is 1.27 bits per heavy atom. The van der Waals surface area contributed by atoms with Crippen molar-refractivity contribution >= 4 is 15.9 Å². The number of sulfonamides is 1. The van der Waals surface area contributed by atoms with Gasteiger partial charge in [-0.25, -0.2) is 13.6 Å². The number of alkyl halides is 2. The van der Waals surface area contributed by atoms with E-state index in [0.29, 0.717) is 25.7 Å². The molecule has 8 heteroatoms. The number of nitrogens with two attached hydrogens (primary N) is 1. The second-order valence-corrected chi connectivity index (χ2v) is 7.96. The SMILES string of the molecule is NS(=O)(=O)C(F)(F)C(=O)N(C1CCCCC1)C1CCCCC1. The van der Waals surface area contributed by atoms with E-state index >= 15 is 0 Å². The van der Waals surface area contributed by atoms with Gasteiger partial charge in [0.05, 0.1) is 0 Å². The number of halogens is 2. The van der Waals surface area contributed by atoms with E-state index < -0.39 is 21.2 Å². The number of amides is 1. The van der Waals surface area contributed by atoms with Crippen LogP contribution in [0.15, 0.2) is 0 Å². The third kappa shape index (κ3) is 3.59. The van der Waals surface area contributed by atoms with Crippen LogP contribution in [0.5, 0.6) is 0 Å². The summed E-state index contributed by atoms with van der Waals surface area (Å²) in [4.78, 5) is 13.5. The fraction of sp³-hybridized carbons (Fsp3) is 0.929. The lowest BCUT2D eigenvalue weighted by atomic mass is 9.88. The van der Waals surface area contributed by atoms with Gasteiger partial charge in [0.25, 0.3) is 10.0 Å². The van der Waals surface area contributed by atoms with E-state index in [1.54, 1.807) is 0 Å². The zero-order valence-corrected chi connectivity index (χ0v) is 13.5. The molecule has 0 aromatic heterocycles. The van der Waals surface area contributed by atoms with Crippen LogP contribution in [-0.4, -0.2) is 36.6 Å². The molecule has 2 aliphatic carbocycles. The first-order valence-electron chi connectivity index (χ1n) is 7.98. The average Bonchev–Trinajstić information content (AvgIpc) is 2.48. The van der Waals surface area contributed by atoms with Crippen LogP contribution >= 0.6 is 0 Å². The topological polar surface area (TPSA) is 80.5 Å². The maximum atomic E-state index is 14.0. The highest BCUT2D eigenvalue weighted by Gasteiger charge is 2.55. The minimum atomic E-state index is -5.25. The van der Waals surface area contributed by atoms with Crippen LogP contribution in [-0.2, 0) is 14.8 Å². The van der Waals surface area contributed by atoms with E-state index in [-0.39, 0.29) is 12.1 Å². The largest absolute Gasteiger partial charge is 0.435 e. The number of hydrogen-bond donors (Lipinski definition) is 1. The Morgan fingerprint density at radius 1 is 0.909 bits per heavy atom. The lowest BCUT2D eigenvalue weighted by Gasteiger charge is -2.42. The molecule has 0 aromatic rings. The first-order valence-corrected chi connectivity index (χ1v) is 9.52. The van der Waals surface area contributed by atoms with Gasteiger partial charge < -0.3 is 4.90 Å². The molecule has 2 aliphatic rings. The number of primary sulfonamides is 1. The predicted octanol–water partition coefficient (Wildman–Crippen LogP) is 2.36. The normalized spacial score (nSPS) is 22.5. The maximum absolute atomic E-state index is 14.0. The van der Waals surface area contributed by atoms with Gasteiger partial charge in [0.15, 0.2) is 0 Å². The molecule has 0 spiro atoms. The average molecular weight is 338 g/mol. The molecule has 0 saturated heterocycles. The van der Waals surface area contributed by atoms with Crippen molar-refractivity contribution in [3.63, 3.8) is 0 Å². The van der Waals surface area contributed by atoms with Crippen molar-refractivity contribution in [3.05, 3.63) is 0 Å². The van der Waals surface area contributed by atoms with Crippen LogP contribution < -0.4 is 5.14 Å². The van der Waals surface area contributed by atoms with Crippen LogP contribution in [0.25, 0.3) is 0 Å². The molecule has 1 amide bonds. The summed E-state index contributed by atoms with van der Waals surface area (Å²) in [7, 11) is -5.25. The summed E-state index contributed by atoms with van der Waals surface area (Å²) < 4.78 is 50.2. The molecule has 2 saturated carbocycles. The second-order valence-electron chi connectivity index (χ2n) is 6.36. The van der Waals surface area contributed by atoms with Gasteiger partial charge in [-0.15, -0.1) is 0 Å². The Bertz CT molecular complexity index is 480. The standard InChI is InChI=1S/C14H24F2N2O3S/c15-14(16,22(17,20)21)13(19)18(11-7-3-1-4-8-11)12-9-5-2-6-10-12/h11-12H,1-10H2,(H2,17,20,21). The molecule has 22 heavy (non-hydrogen) atoms. The molecule has 0 unspecified atom stereocenters. The third-order valence-electron chi connectivity index (χ3n) is 4.78. The fourth-order valence-electron chi connectivity index (χ4n) is 3.62. The molecule has 0 atom stereocenters. The van der Waals surface area contributed by atoms with Crippen LogP contribution in [0, 0.1) is 0 Å². The first kappa shape index (κ1) is 17.6. The van der Waals surface area contributed by atoms with Gasteiger partial charge in [0, 0.05) is 12.1 Å². The van der Waals surface area contributed by atoms with Crippen molar-refractivity contribution in [1.29, 1.82) is 0 Å². The number of carbonyl (C=O) groups excluding carboxylic acids is 1. The van der Waals surface area contributed by atoms with Crippen molar-refractivity contribution in [2.75, 3.05) is 0 Å². The summed E-state index contributed by atoms with van der Waals surface area (Å²) in [5, 5.41) is 0.0460. The lowest BCUT2D eigenvalue weighted by molar-refractivity contribution is -0.154. The number of hydrogen-bond acceptors (Lipinski definition) is 3. The third-order valence-corrected chi connectivity index (χ3v) is 5.67. The molecule has 2 rings (SSSR count). The highest BCUT2D eigenvalue weighted by Crippen LogP contribution is 2.34. The summed E-state index contributed by atoms with van der Waals surface area (Å²) in [6, 6.07) is -0.589. The Hall–Kier alpha value is -0.760. The summed E-state index contributed by atoms with van der Waals surface area (Å²) in [5.41, 5.74) is 0. The van der Waals surface area contributed by atoms with Crippen LogP contribution in [0.1, 0.15) is 64.2 Å². The number of rotatable bonds is 4. The van der Waals surface area contributed by atoms with E-state index in [4.69, 9.17) is 0 Å². The van der Waals surface area contributed by atoms with Crippen LogP contribution in [0.2, 0.25) is 0 Å². The number of nitrogens with zero attached hydrogens (tertiary/aromatic N) is 1. The monoisotopic (exact) mass is 338 g/mol. The minimum absolute atomic E-state index is 0.294. The van der Waals surface area contributed by atoms with Crippen molar-refractivity contribution in [3.8, 4) is 0 Å². The van der Waals surface area contributed by atoms with E-state index in [0.717, 1.165) is 38.5 Å². The Balaban J connectivity index is 2.28. The maximum Gasteiger partial charge on any atom is 0.435 e. The van der Waals surface area contributed by atoms with Gasteiger partial charge in [-0.05, 0) is 25.7 Å². The summed E-state index contributed by atoms with van der Waals surface area (Å²) >= 11 is 0. The molecular formula is C14H24F2N2O3S. The van der Waals surface area contributed by atoms with Crippen molar-refractivity contribution in [1.82, 2.24) is 4.90 Å².